The molecule has 0 radical (unpaired) electrons. The molecule has 1 aromatic heterocycles. The van der Waals surface area contributed by atoms with E-state index in [2.05, 4.69) is 28.7 Å². The van der Waals surface area contributed by atoms with Crippen LogP contribution in [0.15, 0.2) is 11.1 Å². The Bertz CT molecular complexity index is 426. The fraction of sp³-hybridized carbons (Fsp3) is 0.600. The highest BCUT2D eigenvalue weighted by atomic mass is 35.5. The van der Waals surface area contributed by atoms with Crippen LogP contribution in [0.5, 0.6) is 0 Å². The van der Waals surface area contributed by atoms with Gasteiger partial charge in [0.05, 0.1) is 6.33 Å². The number of rotatable bonds is 1. The smallest absolute Gasteiger partial charge is 0.271 e. The highest BCUT2D eigenvalue weighted by Crippen LogP contribution is 2.29. The molecule has 0 aliphatic carbocycles. The number of hydrogen-bond donors (Lipinski definition) is 1. The summed E-state index contributed by atoms with van der Waals surface area (Å²) in [7, 11) is 0. The lowest BCUT2D eigenvalue weighted by molar-refractivity contribution is 0.716. The van der Waals surface area contributed by atoms with Crippen LogP contribution in [0.1, 0.15) is 13.8 Å². The number of anilines is 1. The summed E-state index contributed by atoms with van der Waals surface area (Å²) in [4.78, 5) is 20.1. The van der Waals surface area contributed by atoms with Crippen molar-refractivity contribution in [3.63, 3.8) is 0 Å². The van der Waals surface area contributed by atoms with Crippen LogP contribution in [0, 0.1) is 0 Å². The Kier molecular flexibility index (Phi) is 3.44. The summed E-state index contributed by atoms with van der Waals surface area (Å²) in [5.74, 6) is 0.601. The Morgan fingerprint density at radius 2 is 2.12 bits per heavy atom. The van der Waals surface area contributed by atoms with Crippen LogP contribution in [-0.4, -0.2) is 33.6 Å². The number of aromatic nitrogens is 2. The third-order valence-electron chi connectivity index (χ3n) is 2.50. The van der Waals surface area contributed by atoms with E-state index in [9.17, 15) is 4.79 Å². The summed E-state index contributed by atoms with van der Waals surface area (Å²) in [5, 5.41) is 1.25. The van der Waals surface area contributed by atoms with E-state index in [1.54, 1.807) is 0 Å². The maximum absolute atomic E-state index is 11.4. The Hall–Kier alpha value is -0.680. The van der Waals surface area contributed by atoms with Gasteiger partial charge in [-0.25, -0.2) is 4.98 Å². The van der Waals surface area contributed by atoms with Crippen molar-refractivity contribution in [2.24, 2.45) is 0 Å². The lowest BCUT2D eigenvalue weighted by Crippen LogP contribution is -2.41. The van der Waals surface area contributed by atoms with Gasteiger partial charge in [-0.3, -0.25) is 4.79 Å². The van der Waals surface area contributed by atoms with Gasteiger partial charge in [-0.2, -0.15) is 11.8 Å². The number of hydrogen-bond acceptors (Lipinski definition) is 4. The standard InChI is InChI=1S/C10H14ClN3OS/c1-6-3-14(4-7(2)16-6)9-8(11)10(15)13-5-12-9/h5-7H,3-4H2,1-2H3,(H,12,13,15). The van der Waals surface area contributed by atoms with E-state index in [0.717, 1.165) is 13.1 Å². The molecule has 1 saturated heterocycles. The molecule has 2 unspecified atom stereocenters. The third-order valence-corrected chi connectivity index (χ3v) is 4.07. The molecule has 4 nitrogen and oxygen atoms in total. The van der Waals surface area contributed by atoms with Crippen LogP contribution in [0.25, 0.3) is 0 Å². The summed E-state index contributed by atoms with van der Waals surface area (Å²) in [5.41, 5.74) is -0.273. The Labute approximate surface area is 103 Å². The van der Waals surface area contributed by atoms with Crippen molar-refractivity contribution in [1.29, 1.82) is 0 Å². The molecule has 6 heteroatoms. The zero-order valence-electron chi connectivity index (χ0n) is 9.24. The number of thioether (sulfide) groups is 1. The molecule has 0 saturated carbocycles. The molecule has 1 fully saturated rings. The van der Waals surface area contributed by atoms with Crippen LogP contribution in [-0.2, 0) is 0 Å². The molecular weight excluding hydrogens is 246 g/mol. The predicted octanol–water partition coefficient (Wildman–Crippen LogP) is 1.75. The first-order valence-corrected chi connectivity index (χ1v) is 6.53. The number of nitrogens with zero attached hydrogens (tertiary/aromatic N) is 2. The molecule has 0 spiro atoms. The van der Waals surface area contributed by atoms with Crippen LogP contribution >= 0.6 is 23.4 Å². The molecule has 2 atom stereocenters. The largest absolute Gasteiger partial charge is 0.353 e. The van der Waals surface area contributed by atoms with Gasteiger partial charge in [-0.1, -0.05) is 25.4 Å². The van der Waals surface area contributed by atoms with E-state index in [1.165, 1.54) is 6.33 Å². The molecule has 16 heavy (non-hydrogen) atoms. The normalized spacial score (nSPS) is 25.8. The van der Waals surface area contributed by atoms with Crippen molar-refractivity contribution in [2.75, 3.05) is 18.0 Å². The van der Waals surface area contributed by atoms with Gasteiger partial charge in [0.15, 0.2) is 5.82 Å². The lowest BCUT2D eigenvalue weighted by atomic mass is 10.3. The molecule has 0 bridgehead atoms. The molecule has 1 aromatic rings. The lowest BCUT2D eigenvalue weighted by Gasteiger charge is -2.35. The predicted molar refractivity (Wildman–Crippen MR) is 68.6 cm³/mol. The molecule has 0 aromatic carbocycles. The van der Waals surface area contributed by atoms with Crippen molar-refractivity contribution >= 4 is 29.2 Å². The van der Waals surface area contributed by atoms with E-state index in [1.807, 2.05) is 11.8 Å². The quantitative estimate of drug-likeness (QED) is 0.835. The minimum Gasteiger partial charge on any atom is -0.353 e. The molecule has 1 aliphatic heterocycles. The van der Waals surface area contributed by atoms with Crippen molar-refractivity contribution in [1.82, 2.24) is 9.97 Å². The average molecular weight is 260 g/mol. The summed E-state index contributed by atoms with van der Waals surface area (Å²) in [6.07, 6.45) is 1.40. The molecule has 1 N–H and O–H groups in total. The van der Waals surface area contributed by atoms with Crippen molar-refractivity contribution < 1.29 is 0 Å². The van der Waals surface area contributed by atoms with Crippen LogP contribution < -0.4 is 10.5 Å². The average Bonchev–Trinajstić information content (AvgIpc) is 2.20. The van der Waals surface area contributed by atoms with Crippen molar-refractivity contribution in [2.45, 2.75) is 24.3 Å². The second-order valence-corrected chi connectivity index (χ2v) is 6.29. The number of halogens is 1. The van der Waals surface area contributed by atoms with Gasteiger partial charge in [-0.05, 0) is 0 Å². The zero-order chi connectivity index (χ0) is 11.7. The number of nitrogens with one attached hydrogen (secondary N) is 1. The highest BCUT2D eigenvalue weighted by Gasteiger charge is 2.25. The first-order valence-electron chi connectivity index (χ1n) is 5.21. The number of H-pyrrole nitrogens is 1. The van der Waals surface area contributed by atoms with Gasteiger partial charge >= 0.3 is 0 Å². The minimum absolute atomic E-state index is 0.189. The summed E-state index contributed by atoms with van der Waals surface area (Å²) in [6.45, 7) is 6.11. The topological polar surface area (TPSA) is 49.0 Å². The molecule has 0 amide bonds. The number of aromatic amines is 1. The second kappa shape index (κ2) is 4.67. The summed E-state index contributed by atoms with van der Waals surface area (Å²) < 4.78 is 0. The maximum atomic E-state index is 11.4. The zero-order valence-corrected chi connectivity index (χ0v) is 10.8. The highest BCUT2D eigenvalue weighted by molar-refractivity contribution is 8.00. The van der Waals surface area contributed by atoms with E-state index < -0.39 is 0 Å². The van der Waals surface area contributed by atoms with E-state index >= 15 is 0 Å². The van der Waals surface area contributed by atoms with Crippen LogP contribution in [0.2, 0.25) is 5.02 Å². The summed E-state index contributed by atoms with van der Waals surface area (Å²) >= 11 is 7.92. The fourth-order valence-corrected chi connectivity index (χ4v) is 3.49. The molecule has 1 aliphatic rings. The van der Waals surface area contributed by atoms with E-state index in [4.69, 9.17) is 11.6 Å². The molecule has 2 rings (SSSR count). The second-order valence-electron chi connectivity index (χ2n) is 4.03. The Balaban J connectivity index is 2.30. The molecule has 88 valence electrons. The van der Waals surface area contributed by atoms with E-state index in [-0.39, 0.29) is 10.6 Å². The monoisotopic (exact) mass is 259 g/mol. The van der Waals surface area contributed by atoms with Crippen molar-refractivity contribution in [3.05, 3.63) is 21.7 Å². The van der Waals surface area contributed by atoms with Gasteiger partial charge in [0.25, 0.3) is 5.56 Å². The third kappa shape index (κ3) is 2.35. The fourth-order valence-electron chi connectivity index (χ4n) is 1.94. The molecular formula is C10H14ClN3OS. The van der Waals surface area contributed by atoms with Gasteiger partial charge in [-0.15, -0.1) is 0 Å². The first-order chi connectivity index (χ1) is 7.58. The minimum atomic E-state index is -0.273. The van der Waals surface area contributed by atoms with Gasteiger partial charge in [0.1, 0.15) is 5.02 Å². The van der Waals surface area contributed by atoms with Crippen molar-refractivity contribution in [3.8, 4) is 0 Å². The Morgan fingerprint density at radius 3 is 2.75 bits per heavy atom. The van der Waals surface area contributed by atoms with Crippen LogP contribution in [0.4, 0.5) is 5.82 Å². The van der Waals surface area contributed by atoms with Gasteiger partial charge < -0.3 is 9.88 Å². The van der Waals surface area contributed by atoms with Crippen LogP contribution in [0.3, 0.4) is 0 Å². The van der Waals surface area contributed by atoms with E-state index in [0.29, 0.717) is 16.3 Å². The molecule has 2 heterocycles. The SMILES string of the molecule is CC1CN(c2nc[nH]c(=O)c2Cl)CC(C)S1. The van der Waals surface area contributed by atoms with Gasteiger partial charge in [0, 0.05) is 23.6 Å². The summed E-state index contributed by atoms with van der Waals surface area (Å²) in [6, 6.07) is 0. The first kappa shape index (κ1) is 11.8. The Morgan fingerprint density at radius 1 is 1.50 bits per heavy atom. The van der Waals surface area contributed by atoms with Gasteiger partial charge in [0.2, 0.25) is 0 Å². The maximum Gasteiger partial charge on any atom is 0.271 e.